The minimum absolute atomic E-state index is 0.174. The van der Waals surface area contributed by atoms with Crippen LogP contribution in [-0.2, 0) is 4.79 Å². The van der Waals surface area contributed by atoms with Gasteiger partial charge < -0.3 is 15.5 Å². The molecule has 0 spiro atoms. The highest BCUT2D eigenvalue weighted by Crippen LogP contribution is 2.27. The molecule has 0 radical (unpaired) electrons. The Morgan fingerprint density at radius 2 is 2.22 bits per heavy atom. The number of nitrogens with zero attached hydrogens (tertiary/aromatic N) is 1. The number of aryl methyl sites for hydroxylation is 1. The molecule has 1 heterocycles. The molecule has 3 N–H and O–H groups in total. The lowest BCUT2D eigenvalue weighted by atomic mass is 10.00. The predicted octanol–water partition coefficient (Wildman–Crippen LogP) is 0.964. The highest BCUT2D eigenvalue weighted by molar-refractivity contribution is 6.30. The van der Waals surface area contributed by atoms with E-state index in [4.69, 9.17) is 11.6 Å². The summed E-state index contributed by atoms with van der Waals surface area (Å²) in [6.07, 6.45) is -0.333. The van der Waals surface area contributed by atoms with E-state index < -0.39 is 12.2 Å². The molecule has 1 aromatic rings. The van der Waals surface area contributed by atoms with Crippen molar-refractivity contribution in [3.8, 4) is 0 Å². The summed E-state index contributed by atoms with van der Waals surface area (Å²) in [6.45, 7) is 3.47. The summed E-state index contributed by atoms with van der Waals surface area (Å²) in [6, 6.07) is 1.71. The Bertz CT molecular complexity index is 406. The van der Waals surface area contributed by atoms with Gasteiger partial charge in [0.1, 0.15) is 11.3 Å². The minimum atomic E-state index is -1.11. The zero-order chi connectivity index (χ0) is 13.7. The van der Waals surface area contributed by atoms with Gasteiger partial charge >= 0.3 is 0 Å². The highest BCUT2D eigenvalue weighted by Gasteiger charge is 2.22. The first-order valence-corrected chi connectivity index (χ1v) is 6.03. The van der Waals surface area contributed by atoms with Gasteiger partial charge in [0.2, 0.25) is 5.91 Å². The van der Waals surface area contributed by atoms with Crippen LogP contribution in [0.3, 0.4) is 0 Å². The molecule has 0 saturated carbocycles. The molecule has 0 bridgehead atoms. The van der Waals surface area contributed by atoms with E-state index in [9.17, 15) is 15.0 Å². The van der Waals surface area contributed by atoms with Crippen LogP contribution in [0.15, 0.2) is 12.3 Å². The summed E-state index contributed by atoms with van der Waals surface area (Å²) in [5.41, 5.74) is 1.19. The Morgan fingerprint density at radius 1 is 1.56 bits per heavy atom. The molecule has 0 aliphatic rings. The maximum absolute atomic E-state index is 10.7. The number of aliphatic hydroxyl groups is 2. The predicted molar refractivity (Wildman–Crippen MR) is 68.3 cm³/mol. The Labute approximate surface area is 111 Å². The van der Waals surface area contributed by atoms with Crippen LogP contribution < -0.4 is 5.32 Å². The molecule has 0 aromatic carbocycles. The number of amides is 1. The lowest BCUT2D eigenvalue weighted by Gasteiger charge is -2.20. The van der Waals surface area contributed by atoms with E-state index in [1.54, 1.807) is 13.0 Å². The van der Waals surface area contributed by atoms with Crippen molar-refractivity contribution in [1.82, 2.24) is 10.3 Å². The normalized spacial score (nSPS) is 14.1. The third kappa shape index (κ3) is 3.94. The third-order valence-corrected chi connectivity index (χ3v) is 2.93. The third-order valence-electron chi connectivity index (χ3n) is 2.63. The smallest absolute Gasteiger partial charge is 0.216 e. The molecule has 0 aliphatic heterocycles. The van der Waals surface area contributed by atoms with Gasteiger partial charge in [-0.15, -0.1) is 0 Å². The Kier molecular flexibility index (Phi) is 5.53. The van der Waals surface area contributed by atoms with Crippen LogP contribution >= 0.6 is 11.6 Å². The summed E-state index contributed by atoms with van der Waals surface area (Å²) in [5, 5.41) is 22.6. The van der Waals surface area contributed by atoms with E-state index >= 15 is 0 Å². The summed E-state index contributed by atoms with van der Waals surface area (Å²) < 4.78 is 0. The van der Waals surface area contributed by atoms with Crippen LogP contribution in [0.4, 0.5) is 0 Å². The Hall–Kier alpha value is -1.17. The highest BCUT2D eigenvalue weighted by atomic mass is 35.5. The average molecular weight is 273 g/mol. The maximum atomic E-state index is 10.7. The van der Waals surface area contributed by atoms with Crippen molar-refractivity contribution in [2.24, 2.45) is 0 Å². The molecule has 1 amide bonds. The number of rotatable bonds is 5. The van der Waals surface area contributed by atoms with Crippen LogP contribution in [-0.4, -0.2) is 33.8 Å². The molecular formula is C12H17ClN2O3. The van der Waals surface area contributed by atoms with Gasteiger partial charge in [-0.05, 0) is 25.0 Å². The molecule has 18 heavy (non-hydrogen) atoms. The van der Waals surface area contributed by atoms with E-state index in [-0.39, 0.29) is 17.5 Å². The summed E-state index contributed by atoms with van der Waals surface area (Å²) in [7, 11) is 0. The molecule has 1 aromatic heterocycles. The SMILES string of the molecule is CC(=O)NCCC(O)C(O)c1c(C)ccnc1Cl. The quantitative estimate of drug-likeness (QED) is 0.698. The molecule has 2 unspecified atom stereocenters. The Balaban J connectivity index is 2.68. The van der Waals surface area contributed by atoms with E-state index in [2.05, 4.69) is 10.3 Å². The first-order valence-electron chi connectivity index (χ1n) is 5.65. The van der Waals surface area contributed by atoms with Crippen LogP contribution in [0.1, 0.15) is 30.6 Å². The second-order valence-corrected chi connectivity index (χ2v) is 4.47. The molecule has 2 atom stereocenters. The molecular weight excluding hydrogens is 256 g/mol. The molecule has 5 nitrogen and oxygen atoms in total. The fourth-order valence-corrected chi connectivity index (χ4v) is 1.96. The number of aliphatic hydroxyl groups excluding tert-OH is 2. The van der Waals surface area contributed by atoms with Crippen LogP contribution in [0.25, 0.3) is 0 Å². The number of hydrogen-bond acceptors (Lipinski definition) is 4. The molecule has 0 fully saturated rings. The number of pyridine rings is 1. The second-order valence-electron chi connectivity index (χ2n) is 4.12. The average Bonchev–Trinajstić information content (AvgIpc) is 2.27. The molecule has 0 aliphatic carbocycles. The summed E-state index contributed by atoms with van der Waals surface area (Å²) in [4.78, 5) is 14.6. The fourth-order valence-electron chi connectivity index (χ4n) is 1.64. The Morgan fingerprint density at radius 3 is 2.78 bits per heavy atom. The first-order chi connectivity index (χ1) is 8.43. The zero-order valence-electron chi connectivity index (χ0n) is 10.4. The number of halogens is 1. The minimum Gasteiger partial charge on any atom is -0.390 e. The number of aromatic nitrogens is 1. The van der Waals surface area contributed by atoms with Crippen molar-refractivity contribution in [3.05, 3.63) is 28.5 Å². The standard InChI is InChI=1S/C12H17ClN2O3/c1-7-3-5-15-12(13)10(7)11(18)9(17)4-6-14-8(2)16/h3,5,9,11,17-18H,4,6H2,1-2H3,(H,14,16). The van der Waals surface area contributed by atoms with Gasteiger partial charge in [-0.25, -0.2) is 4.98 Å². The largest absolute Gasteiger partial charge is 0.390 e. The maximum Gasteiger partial charge on any atom is 0.216 e. The molecule has 1 rings (SSSR count). The van der Waals surface area contributed by atoms with Crippen LogP contribution in [0.2, 0.25) is 5.15 Å². The van der Waals surface area contributed by atoms with Crippen LogP contribution in [0, 0.1) is 6.92 Å². The van der Waals surface area contributed by atoms with Crippen LogP contribution in [0.5, 0.6) is 0 Å². The van der Waals surface area contributed by atoms with E-state index in [0.29, 0.717) is 12.1 Å². The molecule has 0 saturated heterocycles. The summed E-state index contributed by atoms with van der Waals surface area (Å²) in [5.74, 6) is -0.174. The van der Waals surface area contributed by atoms with E-state index in [1.807, 2.05) is 0 Å². The van der Waals surface area contributed by atoms with Crippen molar-refractivity contribution >= 4 is 17.5 Å². The lowest BCUT2D eigenvalue weighted by Crippen LogP contribution is -2.28. The van der Waals surface area contributed by atoms with Gasteiger partial charge in [0.25, 0.3) is 0 Å². The zero-order valence-corrected chi connectivity index (χ0v) is 11.1. The van der Waals surface area contributed by atoms with Gasteiger partial charge in [-0.2, -0.15) is 0 Å². The van der Waals surface area contributed by atoms with Gasteiger partial charge in [-0.3, -0.25) is 4.79 Å². The van der Waals surface area contributed by atoms with E-state index in [1.165, 1.54) is 13.1 Å². The van der Waals surface area contributed by atoms with Gasteiger partial charge in [0.05, 0.1) is 6.10 Å². The number of carbonyl (C=O) groups is 1. The first kappa shape index (κ1) is 14.9. The monoisotopic (exact) mass is 272 g/mol. The van der Waals surface area contributed by atoms with E-state index in [0.717, 1.165) is 5.56 Å². The number of nitrogens with one attached hydrogen (secondary N) is 1. The van der Waals surface area contributed by atoms with Gasteiger partial charge in [0.15, 0.2) is 0 Å². The fraction of sp³-hybridized carbons (Fsp3) is 0.500. The topological polar surface area (TPSA) is 82.5 Å². The van der Waals surface area contributed by atoms with Crippen molar-refractivity contribution in [3.63, 3.8) is 0 Å². The van der Waals surface area contributed by atoms with Gasteiger partial charge in [0, 0.05) is 25.2 Å². The van der Waals surface area contributed by atoms with Crippen molar-refractivity contribution in [1.29, 1.82) is 0 Å². The lowest BCUT2D eigenvalue weighted by molar-refractivity contribution is -0.119. The molecule has 6 heteroatoms. The van der Waals surface area contributed by atoms with Gasteiger partial charge in [-0.1, -0.05) is 11.6 Å². The second kappa shape index (κ2) is 6.68. The van der Waals surface area contributed by atoms with Crippen molar-refractivity contribution < 1.29 is 15.0 Å². The summed E-state index contributed by atoms with van der Waals surface area (Å²) >= 11 is 5.90. The van der Waals surface area contributed by atoms with Crippen molar-refractivity contribution in [2.75, 3.05) is 6.54 Å². The molecule has 100 valence electrons. The van der Waals surface area contributed by atoms with Crippen molar-refractivity contribution in [2.45, 2.75) is 32.5 Å². The number of carbonyl (C=O) groups excluding carboxylic acids is 1. The number of hydrogen-bond donors (Lipinski definition) is 3.